The minimum absolute atomic E-state index is 0. The van der Waals surface area contributed by atoms with E-state index in [1.54, 1.807) is 0 Å². The molecule has 2 aromatic carbocycles. The minimum Gasteiger partial charge on any atom is -0.486 e. The van der Waals surface area contributed by atoms with Gasteiger partial charge in [-0.2, -0.15) is 0 Å². The van der Waals surface area contributed by atoms with E-state index in [-0.39, 0.29) is 20.1 Å². The number of furan rings is 1. The van der Waals surface area contributed by atoms with Gasteiger partial charge in [-0.3, -0.25) is 0 Å². The number of rotatable bonds is 6. The van der Waals surface area contributed by atoms with Crippen molar-refractivity contribution in [1.82, 2.24) is 15.0 Å². The third-order valence-electron chi connectivity index (χ3n) is 7.67. The molecule has 0 bridgehead atoms. The largest absolute Gasteiger partial charge is 0.486 e. The molecular formula is C40H45GeIrN3O-2. The van der Waals surface area contributed by atoms with E-state index in [1.165, 1.54) is 15.5 Å². The molecule has 6 heteroatoms. The maximum absolute atomic E-state index is 6.06. The van der Waals surface area contributed by atoms with Crippen LogP contribution in [-0.4, -0.2) is 28.2 Å². The van der Waals surface area contributed by atoms with Gasteiger partial charge >= 0.3 is 132 Å². The summed E-state index contributed by atoms with van der Waals surface area (Å²) in [6, 6.07) is 29.2. The predicted molar refractivity (Wildman–Crippen MR) is 192 cm³/mol. The van der Waals surface area contributed by atoms with E-state index in [4.69, 9.17) is 9.40 Å². The average molecular weight is 849 g/mol. The van der Waals surface area contributed by atoms with Crippen molar-refractivity contribution in [2.24, 2.45) is 11.3 Å². The molecule has 0 saturated heterocycles. The van der Waals surface area contributed by atoms with Gasteiger partial charge in [-0.15, -0.1) is 18.2 Å². The Morgan fingerprint density at radius 1 is 0.870 bits per heavy atom. The second kappa shape index (κ2) is 14.8. The Morgan fingerprint density at radius 3 is 2.33 bits per heavy atom. The van der Waals surface area contributed by atoms with Crippen molar-refractivity contribution in [1.29, 1.82) is 0 Å². The number of fused-ring (bicyclic) bond motifs is 3. The zero-order valence-corrected chi connectivity index (χ0v) is 33.1. The third-order valence-corrected chi connectivity index (χ3v) is 12.0. The number of nitrogens with zero attached hydrogens (tertiary/aromatic N) is 3. The third kappa shape index (κ3) is 8.82. The van der Waals surface area contributed by atoms with Crippen LogP contribution in [0.15, 0.2) is 83.5 Å². The Morgan fingerprint density at radius 2 is 1.65 bits per heavy atom. The van der Waals surface area contributed by atoms with E-state index in [0.29, 0.717) is 17.0 Å². The van der Waals surface area contributed by atoms with Crippen LogP contribution in [0.1, 0.15) is 51.4 Å². The topological polar surface area (TPSA) is 51.8 Å². The maximum Gasteiger partial charge on any atom is 0.216 e. The number of aryl methyl sites for hydroxylation is 1. The van der Waals surface area contributed by atoms with Gasteiger partial charge in [0.05, 0.1) is 5.58 Å². The molecule has 0 atom stereocenters. The van der Waals surface area contributed by atoms with Crippen LogP contribution in [0.4, 0.5) is 0 Å². The average Bonchev–Trinajstić information content (AvgIpc) is 3.34. The van der Waals surface area contributed by atoms with Gasteiger partial charge in [-0.05, 0) is 43.2 Å². The van der Waals surface area contributed by atoms with Crippen LogP contribution in [0.5, 0.6) is 0 Å². The van der Waals surface area contributed by atoms with Crippen LogP contribution in [0.3, 0.4) is 0 Å². The zero-order chi connectivity index (χ0) is 32.4. The quantitative estimate of drug-likeness (QED) is 0.124. The molecule has 0 fully saturated rings. The normalized spacial score (nSPS) is 11.8. The summed E-state index contributed by atoms with van der Waals surface area (Å²) in [4.78, 5) is 13.8. The van der Waals surface area contributed by atoms with E-state index in [1.807, 2.05) is 49.5 Å². The second-order valence-electron chi connectivity index (χ2n) is 14.6. The van der Waals surface area contributed by atoms with Gasteiger partial charge < -0.3 is 9.40 Å². The van der Waals surface area contributed by atoms with Crippen LogP contribution in [0, 0.1) is 30.4 Å². The summed E-state index contributed by atoms with van der Waals surface area (Å²) in [6.45, 7) is 13.3. The van der Waals surface area contributed by atoms with E-state index in [0.717, 1.165) is 57.4 Å². The summed E-state index contributed by atoms with van der Waals surface area (Å²) in [5.41, 5.74) is 9.41. The molecule has 4 nitrogen and oxygen atoms in total. The summed E-state index contributed by atoms with van der Waals surface area (Å²) >= 11 is -1.90. The van der Waals surface area contributed by atoms with E-state index < -0.39 is 13.3 Å². The van der Waals surface area contributed by atoms with E-state index >= 15 is 0 Å². The molecule has 6 aromatic rings. The molecule has 0 spiro atoms. The van der Waals surface area contributed by atoms with Gasteiger partial charge in [0, 0.05) is 37.4 Å². The van der Waals surface area contributed by atoms with E-state index in [2.05, 4.69) is 111 Å². The first kappa shape index (κ1) is 35.7. The predicted octanol–water partition coefficient (Wildman–Crippen LogP) is 10.0. The molecule has 6 rings (SSSR count). The molecule has 0 amide bonds. The summed E-state index contributed by atoms with van der Waals surface area (Å²) in [6.07, 6.45) is 6.14. The van der Waals surface area contributed by atoms with E-state index in [9.17, 15) is 0 Å². The van der Waals surface area contributed by atoms with Gasteiger partial charge in [-0.25, -0.2) is 4.98 Å². The number of hydrogen-bond donors (Lipinski definition) is 0. The smallest absolute Gasteiger partial charge is 0.216 e. The molecule has 0 unspecified atom stereocenters. The molecule has 46 heavy (non-hydrogen) atoms. The first-order valence-corrected chi connectivity index (χ1v) is 23.3. The van der Waals surface area contributed by atoms with Crippen molar-refractivity contribution >= 4 is 39.7 Å². The monoisotopic (exact) mass is 850 g/mol. The summed E-state index contributed by atoms with van der Waals surface area (Å²) in [5.74, 6) is 7.94. The fraction of sp³-hybridized carbons (Fsp3) is 0.325. The summed E-state index contributed by atoms with van der Waals surface area (Å²) < 4.78 is 7.59. The maximum atomic E-state index is 6.06. The molecule has 0 aliphatic heterocycles. The molecule has 241 valence electrons. The first-order chi connectivity index (χ1) is 21.3. The molecule has 4 heterocycles. The minimum atomic E-state index is -1.90. The van der Waals surface area contributed by atoms with Crippen molar-refractivity contribution in [3.05, 3.63) is 108 Å². The van der Waals surface area contributed by atoms with Gasteiger partial charge in [0.15, 0.2) is 0 Å². The van der Waals surface area contributed by atoms with Crippen molar-refractivity contribution in [2.45, 2.75) is 71.7 Å². The molecule has 0 saturated carbocycles. The second-order valence-corrected chi connectivity index (χ2v) is 25.2. The van der Waals surface area contributed by atoms with Crippen LogP contribution in [0.25, 0.3) is 44.6 Å². The molecular weight excluding hydrogens is 803 g/mol. The number of benzene rings is 2. The Labute approximate surface area is 291 Å². The van der Waals surface area contributed by atoms with Gasteiger partial charge in [-0.1, -0.05) is 36.4 Å². The molecule has 4 aromatic heterocycles. The Bertz CT molecular complexity index is 1920. The Hall–Kier alpha value is -3.12. The fourth-order valence-corrected chi connectivity index (χ4v) is 9.01. The Kier molecular flexibility index (Phi) is 11.5. The van der Waals surface area contributed by atoms with Crippen molar-refractivity contribution in [2.75, 3.05) is 0 Å². The molecule has 0 aliphatic rings. The summed E-state index contributed by atoms with van der Waals surface area (Å²) in [5, 5.41) is 2.09. The SMILES string of the molecule is CC(C)(C)Cc1cc(-c2[c-]cccc2)nc[c]1[Ge]([CH3])([CH3])[CH3].Cc1ccc2c(n1)oc1c(-c3cc(CC(C)C)ccn3)[c-]ccc12.[Ir]. The van der Waals surface area contributed by atoms with Gasteiger partial charge in [0.25, 0.3) is 0 Å². The van der Waals surface area contributed by atoms with Crippen molar-refractivity contribution in [3.8, 4) is 22.5 Å². The van der Waals surface area contributed by atoms with Crippen LogP contribution in [0.2, 0.25) is 17.3 Å². The standard InChI is InChI=1S/C21H19N2O.C19H26GeN.Ir/c1-13(2)11-15-9-10-22-19(12-15)18-6-4-5-16-17-8-7-14(3)23-21(17)24-20(16)18;1-19(2,3)13-16-12-18(15-10-8-7-9-11-15)21-14-17(16)20(4,5)6;/h4-5,7-10,12-13H,11H2,1-3H3;7-10,12,14H,13H2,1-6H3;/q2*-1;. The molecule has 1 radical (unpaired) electrons. The number of aromatic nitrogens is 3. The molecule has 0 aliphatic carbocycles. The summed E-state index contributed by atoms with van der Waals surface area (Å²) in [7, 11) is 0. The van der Waals surface area contributed by atoms with Crippen LogP contribution < -0.4 is 4.40 Å². The van der Waals surface area contributed by atoms with Crippen LogP contribution in [-0.2, 0) is 32.9 Å². The zero-order valence-electron chi connectivity index (χ0n) is 28.6. The Balaban J connectivity index is 0.000000207. The van der Waals surface area contributed by atoms with Gasteiger partial charge in [0.1, 0.15) is 0 Å². The van der Waals surface area contributed by atoms with Crippen molar-refractivity contribution in [3.63, 3.8) is 0 Å². The number of pyridine rings is 3. The number of hydrogen-bond acceptors (Lipinski definition) is 4. The van der Waals surface area contributed by atoms with Gasteiger partial charge in [0.2, 0.25) is 5.71 Å². The van der Waals surface area contributed by atoms with Crippen molar-refractivity contribution < 1.29 is 24.5 Å². The molecule has 0 N–H and O–H groups in total. The van der Waals surface area contributed by atoms with Crippen LogP contribution >= 0.6 is 0 Å². The first-order valence-electron chi connectivity index (χ1n) is 15.9. The fourth-order valence-electron chi connectivity index (χ4n) is 5.70.